The first kappa shape index (κ1) is 18.5. The highest BCUT2D eigenvalue weighted by atomic mass is 79.9. The zero-order chi connectivity index (χ0) is 19.0. The quantitative estimate of drug-likeness (QED) is 0.739. The summed E-state index contributed by atoms with van der Waals surface area (Å²) in [5, 5.41) is 2.86. The van der Waals surface area contributed by atoms with Crippen LogP contribution in [0, 0.1) is 0 Å². The largest absolute Gasteiger partial charge is 0.332 e. The fraction of sp³-hybridized carbons (Fsp3) is 0.350. The van der Waals surface area contributed by atoms with Gasteiger partial charge in [-0.15, -0.1) is 0 Å². The van der Waals surface area contributed by atoms with Gasteiger partial charge in [0.2, 0.25) is 10.0 Å². The highest BCUT2D eigenvalue weighted by Gasteiger charge is 2.26. The van der Waals surface area contributed by atoms with Crippen LogP contribution in [-0.4, -0.2) is 14.4 Å². The molecule has 0 atom stereocenters. The Hall–Kier alpha value is -1.86. The van der Waals surface area contributed by atoms with E-state index < -0.39 is 16.1 Å². The number of halogens is 1. The number of aryl methyl sites for hydroxylation is 2. The van der Waals surface area contributed by atoms with Gasteiger partial charge in [-0.2, -0.15) is 0 Å². The molecule has 4 rings (SSSR count). The van der Waals surface area contributed by atoms with E-state index in [-0.39, 0.29) is 5.75 Å². The zero-order valence-corrected chi connectivity index (χ0v) is 17.2. The normalized spacial score (nSPS) is 15.3. The predicted molar refractivity (Wildman–Crippen MR) is 109 cm³/mol. The van der Waals surface area contributed by atoms with E-state index in [4.69, 9.17) is 0 Å². The molecule has 0 radical (unpaired) electrons. The topological polar surface area (TPSA) is 75.3 Å². The number of amides is 2. The molecule has 0 aliphatic heterocycles. The molecule has 7 heteroatoms. The second kappa shape index (κ2) is 7.28. The van der Waals surface area contributed by atoms with Crippen LogP contribution in [0.25, 0.3) is 0 Å². The van der Waals surface area contributed by atoms with Gasteiger partial charge in [0.25, 0.3) is 0 Å². The molecule has 0 spiro atoms. The van der Waals surface area contributed by atoms with Crippen molar-refractivity contribution in [3.8, 4) is 0 Å². The number of nitrogens with one attached hydrogen (secondary N) is 2. The summed E-state index contributed by atoms with van der Waals surface area (Å²) in [6, 6.07) is 8.64. The molecule has 27 heavy (non-hydrogen) atoms. The average molecular weight is 449 g/mol. The van der Waals surface area contributed by atoms with E-state index in [1.165, 1.54) is 22.3 Å². The number of hydrogen-bond donors (Lipinski definition) is 2. The van der Waals surface area contributed by atoms with Crippen LogP contribution in [-0.2, 0) is 41.5 Å². The molecule has 0 heterocycles. The van der Waals surface area contributed by atoms with E-state index in [2.05, 4.69) is 32.0 Å². The van der Waals surface area contributed by atoms with Crippen LogP contribution in [0.3, 0.4) is 0 Å². The summed E-state index contributed by atoms with van der Waals surface area (Å²) in [5.41, 5.74) is 6.40. The monoisotopic (exact) mass is 448 g/mol. The first-order valence-corrected chi connectivity index (χ1v) is 11.6. The molecule has 2 aliphatic rings. The molecule has 142 valence electrons. The van der Waals surface area contributed by atoms with Crippen LogP contribution < -0.4 is 10.0 Å². The van der Waals surface area contributed by atoms with Crippen LogP contribution >= 0.6 is 15.9 Å². The molecule has 0 bridgehead atoms. The van der Waals surface area contributed by atoms with Gasteiger partial charge in [0.15, 0.2) is 0 Å². The van der Waals surface area contributed by atoms with Gasteiger partial charge in [-0.25, -0.2) is 17.9 Å². The SMILES string of the molecule is O=C(Nc1c2c(cc3c1CCC3)CCC2)NS(=O)(=O)Cc1cccc(Br)c1. The minimum atomic E-state index is -3.78. The molecule has 2 amide bonds. The van der Waals surface area contributed by atoms with Crippen molar-refractivity contribution in [2.45, 2.75) is 44.3 Å². The van der Waals surface area contributed by atoms with Gasteiger partial charge >= 0.3 is 6.03 Å². The van der Waals surface area contributed by atoms with Gasteiger partial charge in [-0.05, 0) is 78.5 Å². The Labute approximate surface area is 167 Å². The first-order chi connectivity index (χ1) is 12.9. The van der Waals surface area contributed by atoms with Crippen molar-refractivity contribution in [1.29, 1.82) is 0 Å². The second-order valence-electron chi connectivity index (χ2n) is 7.18. The lowest BCUT2D eigenvalue weighted by molar-refractivity contribution is 0.256. The smallest absolute Gasteiger partial charge is 0.307 e. The Kier molecular flexibility index (Phi) is 4.99. The van der Waals surface area contributed by atoms with Crippen molar-refractivity contribution in [2.24, 2.45) is 0 Å². The number of urea groups is 1. The minimum absolute atomic E-state index is 0.245. The Morgan fingerprint density at radius 1 is 1.00 bits per heavy atom. The van der Waals surface area contributed by atoms with E-state index in [0.717, 1.165) is 48.7 Å². The summed E-state index contributed by atoms with van der Waals surface area (Å²) in [6.07, 6.45) is 6.08. The predicted octanol–water partition coefficient (Wildman–Crippen LogP) is 4.08. The van der Waals surface area contributed by atoms with Crippen LogP contribution in [0.5, 0.6) is 0 Å². The van der Waals surface area contributed by atoms with E-state index in [1.54, 1.807) is 18.2 Å². The molecule has 2 aliphatic carbocycles. The summed E-state index contributed by atoms with van der Waals surface area (Å²) in [4.78, 5) is 12.5. The second-order valence-corrected chi connectivity index (χ2v) is 9.82. The summed E-state index contributed by atoms with van der Waals surface area (Å²) < 4.78 is 27.7. The third kappa shape index (κ3) is 4.04. The van der Waals surface area contributed by atoms with E-state index in [9.17, 15) is 13.2 Å². The van der Waals surface area contributed by atoms with Crippen molar-refractivity contribution in [3.05, 3.63) is 62.6 Å². The van der Waals surface area contributed by atoms with Crippen LogP contribution in [0.4, 0.5) is 10.5 Å². The highest BCUT2D eigenvalue weighted by molar-refractivity contribution is 9.10. The van der Waals surface area contributed by atoms with Gasteiger partial charge in [-0.1, -0.05) is 34.1 Å². The Balaban J connectivity index is 1.52. The fourth-order valence-electron chi connectivity index (χ4n) is 4.13. The molecule has 0 aromatic heterocycles. The molecule has 5 nitrogen and oxygen atoms in total. The number of hydrogen-bond acceptors (Lipinski definition) is 3. The van der Waals surface area contributed by atoms with E-state index in [0.29, 0.717) is 5.56 Å². The summed E-state index contributed by atoms with van der Waals surface area (Å²) >= 11 is 3.33. The van der Waals surface area contributed by atoms with Gasteiger partial charge in [-0.3, -0.25) is 0 Å². The maximum Gasteiger partial charge on any atom is 0.332 e. The number of sulfonamides is 1. The summed E-state index contributed by atoms with van der Waals surface area (Å²) in [5.74, 6) is -0.245. The molecule has 2 aromatic rings. The maximum atomic E-state index is 12.5. The minimum Gasteiger partial charge on any atom is -0.307 e. The Morgan fingerprint density at radius 3 is 2.30 bits per heavy atom. The van der Waals surface area contributed by atoms with Gasteiger partial charge < -0.3 is 5.32 Å². The van der Waals surface area contributed by atoms with E-state index >= 15 is 0 Å². The van der Waals surface area contributed by atoms with Crippen molar-refractivity contribution in [2.75, 3.05) is 5.32 Å². The molecular weight excluding hydrogens is 428 g/mol. The highest BCUT2D eigenvalue weighted by Crippen LogP contribution is 2.38. The number of fused-ring (bicyclic) bond motifs is 2. The summed E-state index contributed by atoms with van der Waals surface area (Å²) in [6.45, 7) is 0. The van der Waals surface area contributed by atoms with E-state index in [1.807, 2.05) is 6.07 Å². The number of carbonyl (C=O) groups excluding carboxylic acids is 1. The lowest BCUT2D eigenvalue weighted by atomic mass is 9.99. The molecule has 0 unspecified atom stereocenters. The van der Waals surface area contributed by atoms with Crippen molar-refractivity contribution >= 4 is 37.7 Å². The van der Waals surface area contributed by atoms with Gasteiger partial charge in [0.05, 0.1) is 5.75 Å². The van der Waals surface area contributed by atoms with Crippen LogP contribution in [0.1, 0.15) is 40.7 Å². The third-order valence-corrected chi connectivity index (χ3v) is 6.91. The maximum absolute atomic E-state index is 12.5. The van der Waals surface area contributed by atoms with Crippen molar-refractivity contribution < 1.29 is 13.2 Å². The molecule has 2 aromatic carbocycles. The van der Waals surface area contributed by atoms with Gasteiger partial charge in [0, 0.05) is 10.2 Å². The number of benzene rings is 2. The molecule has 2 N–H and O–H groups in total. The number of rotatable bonds is 4. The average Bonchev–Trinajstić information content (AvgIpc) is 3.22. The first-order valence-electron chi connectivity index (χ1n) is 9.14. The van der Waals surface area contributed by atoms with Crippen molar-refractivity contribution in [3.63, 3.8) is 0 Å². The molecule has 0 saturated carbocycles. The summed E-state index contributed by atoms with van der Waals surface area (Å²) in [7, 11) is -3.78. The zero-order valence-electron chi connectivity index (χ0n) is 14.8. The van der Waals surface area contributed by atoms with Crippen molar-refractivity contribution in [1.82, 2.24) is 4.72 Å². The molecular formula is C20H21BrN2O3S. The van der Waals surface area contributed by atoms with Gasteiger partial charge in [0.1, 0.15) is 0 Å². The third-order valence-electron chi connectivity index (χ3n) is 5.21. The number of anilines is 1. The Bertz CT molecular complexity index is 986. The Morgan fingerprint density at radius 2 is 1.67 bits per heavy atom. The lowest BCUT2D eigenvalue weighted by Gasteiger charge is -2.16. The lowest BCUT2D eigenvalue weighted by Crippen LogP contribution is -2.35. The standard InChI is InChI=1S/C20H21BrN2O3S/c21-16-7-1-4-13(10-16)12-27(25,26)23-20(24)22-19-17-8-2-5-14(17)11-15-6-3-9-18(15)19/h1,4,7,10-11H,2-3,5-6,8-9,12H2,(H2,22,23,24). The van der Waals surface area contributed by atoms with Crippen LogP contribution in [0.2, 0.25) is 0 Å². The fourth-order valence-corrected chi connectivity index (χ4v) is 5.60. The van der Waals surface area contributed by atoms with Crippen LogP contribution in [0.15, 0.2) is 34.8 Å². The number of carbonyl (C=O) groups is 1. The molecule has 0 fully saturated rings. The molecule has 0 saturated heterocycles.